The van der Waals surface area contributed by atoms with Crippen LogP contribution in [0.15, 0.2) is 18.2 Å². The predicted octanol–water partition coefficient (Wildman–Crippen LogP) is 3.09. The second-order valence-corrected chi connectivity index (χ2v) is 6.49. The van der Waals surface area contributed by atoms with E-state index in [1.807, 2.05) is 13.0 Å². The molecule has 0 bridgehead atoms. The predicted molar refractivity (Wildman–Crippen MR) is 86.9 cm³/mol. The average Bonchev–Trinajstić information content (AvgIpc) is 2.41. The Hall–Kier alpha value is -1.26. The van der Waals surface area contributed by atoms with Crippen LogP contribution >= 0.6 is 11.6 Å². The van der Waals surface area contributed by atoms with E-state index in [2.05, 4.69) is 26.1 Å². The average molecular weight is 313 g/mol. The van der Waals surface area contributed by atoms with Gasteiger partial charge in [0, 0.05) is 36.3 Å². The Morgan fingerprint density at radius 2 is 2.05 bits per heavy atom. The van der Waals surface area contributed by atoms with E-state index in [4.69, 9.17) is 16.3 Å². The number of likely N-dealkylation sites (N-methyl/N-ethyl adjacent to an activating group) is 1. The van der Waals surface area contributed by atoms with Gasteiger partial charge in [-0.05, 0) is 45.9 Å². The van der Waals surface area contributed by atoms with E-state index in [1.165, 1.54) is 0 Å². The lowest BCUT2D eigenvalue weighted by molar-refractivity contribution is -0.131. The van der Waals surface area contributed by atoms with E-state index in [0.29, 0.717) is 23.9 Å². The summed E-state index contributed by atoms with van der Waals surface area (Å²) >= 11 is 6.04. The zero-order valence-electron chi connectivity index (χ0n) is 13.5. The molecule has 0 saturated heterocycles. The van der Waals surface area contributed by atoms with Crippen molar-refractivity contribution in [2.75, 3.05) is 20.2 Å². The first-order valence-corrected chi connectivity index (χ1v) is 7.51. The third-order valence-electron chi connectivity index (χ3n) is 3.08. The van der Waals surface area contributed by atoms with Crippen LogP contribution in [0.1, 0.15) is 33.3 Å². The Labute approximate surface area is 132 Å². The summed E-state index contributed by atoms with van der Waals surface area (Å²) in [4.78, 5) is 13.4. The van der Waals surface area contributed by atoms with Crippen molar-refractivity contribution in [1.82, 2.24) is 10.2 Å². The molecule has 1 aromatic carbocycles. The number of nitrogens with one attached hydrogen (secondary N) is 1. The molecule has 0 heterocycles. The van der Waals surface area contributed by atoms with Crippen LogP contribution in [-0.2, 0) is 11.3 Å². The molecule has 0 aliphatic carbocycles. The third-order valence-corrected chi connectivity index (χ3v) is 3.32. The van der Waals surface area contributed by atoms with Gasteiger partial charge in [0.2, 0.25) is 0 Å². The molecule has 1 N–H and O–H groups in total. The van der Waals surface area contributed by atoms with E-state index in [-0.39, 0.29) is 18.1 Å². The Bertz CT molecular complexity index is 484. The summed E-state index contributed by atoms with van der Waals surface area (Å²) in [5.74, 6) is 0.649. The highest BCUT2D eigenvalue weighted by atomic mass is 35.5. The molecule has 1 aromatic rings. The lowest BCUT2D eigenvalue weighted by Gasteiger charge is -2.22. The molecule has 5 heteroatoms. The topological polar surface area (TPSA) is 41.6 Å². The second kappa shape index (κ2) is 7.66. The van der Waals surface area contributed by atoms with Gasteiger partial charge in [-0.1, -0.05) is 11.6 Å². The van der Waals surface area contributed by atoms with Gasteiger partial charge in [0.05, 0.1) is 0 Å². The fourth-order valence-corrected chi connectivity index (χ4v) is 1.81. The number of hydrogen-bond acceptors (Lipinski definition) is 3. The zero-order chi connectivity index (χ0) is 16.0. The molecule has 0 aliphatic rings. The fourth-order valence-electron chi connectivity index (χ4n) is 1.61. The maximum absolute atomic E-state index is 11.8. The Morgan fingerprint density at radius 1 is 1.38 bits per heavy atom. The van der Waals surface area contributed by atoms with E-state index < -0.39 is 0 Å². The smallest absolute Gasteiger partial charge is 0.260 e. The minimum atomic E-state index is -0.0396. The SMILES string of the molecule is CCN(C)C(=O)COc1ccc(Cl)cc1CNC(C)(C)C. The number of rotatable bonds is 6. The van der Waals surface area contributed by atoms with Crippen molar-refractivity contribution in [3.8, 4) is 5.75 Å². The molecule has 0 spiro atoms. The zero-order valence-corrected chi connectivity index (χ0v) is 14.3. The highest BCUT2D eigenvalue weighted by Crippen LogP contribution is 2.23. The quantitative estimate of drug-likeness (QED) is 0.877. The maximum atomic E-state index is 11.8. The summed E-state index contributed by atoms with van der Waals surface area (Å²) in [6, 6.07) is 5.44. The number of carbonyl (C=O) groups is 1. The van der Waals surface area contributed by atoms with Crippen molar-refractivity contribution >= 4 is 17.5 Å². The van der Waals surface area contributed by atoms with E-state index in [0.717, 1.165) is 5.56 Å². The minimum absolute atomic E-state index is 0.00215. The molecule has 4 nitrogen and oxygen atoms in total. The van der Waals surface area contributed by atoms with Crippen LogP contribution in [0.25, 0.3) is 0 Å². The molecule has 0 fully saturated rings. The monoisotopic (exact) mass is 312 g/mol. The molecule has 118 valence electrons. The van der Waals surface area contributed by atoms with Crippen molar-refractivity contribution in [3.63, 3.8) is 0 Å². The van der Waals surface area contributed by atoms with Gasteiger partial charge >= 0.3 is 0 Å². The molecule has 0 aliphatic heterocycles. The summed E-state index contributed by atoms with van der Waals surface area (Å²) in [7, 11) is 1.76. The van der Waals surface area contributed by atoms with E-state index >= 15 is 0 Å². The van der Waals surface area contributed by atoms with Gasteiger partial charge in [-0.3, -0.25) is 4.79 Å². The van der Waals surface area contributed by atoms with Crippen molar-refractivity contribution in [2.45, 2.75) is 39.8 Å². The molecule has 0 radical (unpaired) electrons. The summed E-state index contributed by atoms with van der Waals surface area (Å²) in [6.07, 6.45) is 0. The molecule has 0 aromatic heterocycles. The molecule has 0 unspecified atom stereocenters. The van der Waals surface area contributed by atoms with Gasteiger partial charge in [0.25, 0.3) is 5.91 Å². The highest BCUT2D eigenvalue weighted by molar-refractivity contribution is 6.30. The van der Waals surface area contributed by atoms with Crippen LogP contribution in [0.5, 0.6) is 5.75 Å². The number of ether oxygens (including phenoxy) is 1. The van der Waals surface area contributed by atoms with Crippen LogP contribution in [0.4, 0.5) is 0 Å². The standard InChI is InChI=1S/C16H25ClN2O2/c1-6-19(5)15(20)11-21-14-8-7-13(17)9-12(14)10-18-16(2,3)4/h7-9,18H,6,10-11H2,1-5H3. The molecular formula is C16H25ClN2O2. The summed E-state index contributed by atoms with van der Waals surface area (Å²) < 4.78 is 5.65. The van der Waals surface area contributed by atoms with Crippen LogP contribution in [0, 0.1) is 0 Å². The van der Waals surface area contributed by atoms with Gasteiger partial charge < -0.3 is 15.0 Å². The highest BCUT2D eigenvalue weighted by Gasteiger charge is 2.13. The first-order chi connectivity index (χ1) is 9.73. The number of carbonyl (C=O) groups excluding carboxylic acids is 1. The summed E-state index contributed by atoms with van der Waals surface area (Å²) in [5.41, 5.74) is 0.946. The number of benzene rings is 1. The second-order valence-electron chi connectivity index (χ2n) is 6.05. The third kappa shape index (κ3) is 6.36. The van der Waals surface area contributed by atoms with Gasteiger partial charge in [0.1, 0.15) is 5.75 Å². The molecular weight excluding hydrogens is 288 g/mol. The number of hydrogen-bond donors (Lipinski definition) is 1. The number of halogens is 1. The fraction of sp³-hybridized carbons (Fsp3) is 0.562. The van der Waals surface area contributed by atoms with Crippen molar-refractivity contribution in [1.29, 1.82) is 0 Å². The minimum Gasteiger partial charge on any atom is -0.483 e. The van der Waals surface area contributed by atoms with Crippen LogP contribution in [-0.4, -0.2) is 36.5 Å². The van der Waals surface area contributed by atoms with Crippen LogP contribution in [0.3, 0.4) is 0 Å². The van der Waals surface area contributed by atoms with Crippen molar-refractivity contribution in [3.05, 3.63) is 28.8 Å². The molecule has 0 saturated carbocycles. The van der Waals surface area contributed by atoms with Gasteiger partial charge in [0.15, 0.2) is 6.61 Å². The largest absolute Gasteiger partial charge is 0.483 e. The summed E-state index contributed by atoms with van der Waals surface area (Å²) in [5, 5.41) is 4.05. The lowest BCUT2D eigenvalue weighted by Crippen LogP contribution is -2.35. The molecule has 1 rings (SSSR count). The van der Waals surface area contributed by atoms with Crippen LogP contribution < -0.4 is 10.1 Å². The molecule has 1 amide bonds. The maximum Gasteiger partial charge on any atom is 0.260 e. The van der Waals surface area contributed by atoms with Crippen molar-refractivity contribution < 1.29 is 9.53 Å². The van der Waals surface area contributed by atoms with E-state index in [9.17, 15) is 4.79 Å². The first kappa shape index (κ1) is 17.8. The van der Waals surface area contributed by atoms with Crippen molar-refractivity contribution in [2.24, 2.45) is 0 Å². The first-order valence-electron chi connectivity index (χ1n) is 7.13. The van der Waals surface area contributed by atoms with Gasteiger partial charge in [-0.15, -0.1) is 0 Å². The van der Waals surface area contributed by atoms with Crippen LogP contribution in [0.2, 0.25) is 5.02 Å². The molecule has 0 atom stereocenters. The Balaban J connectivity index is 2.75. The van der Waals surface area contributed by atoms with E-state index in [1.54, 1.807) is 24.1 Å². The normalized spacial score (nSPS) is 11.3. The number of nitrogens with zero attached hydrogens (tertiary/aromatic N) is 1. The Morgan fingerprint density at radius 3 is 2.62 bits per heavy atom. The van der Waals surface area contributed by atoms with Gasteiger partial charge in [-0.2, -0.15) is 0 Å². The van der Waals surface area contributed by atoms with Gasteiger partial charge in [-0.25, -0.2) is 0 Å². The Kier molecular flexibility index (Phi) is 6.49. The summed E-state index contributed by atoms with van der Waals surface area (Å²) in [6.45, 7) is 9.55. The number of amides is 1. The lowest BCUT2D eigenvalue weighted by atomic mass is 10.1. The molecule has 21 heavy (non-hydrogen) atoms.